The minimum absolute atomic E-state index is 0.0270. The number of aromatic nitrogens is 1. The second kappa shape index (κ2) is 6.62. The molecule has 0 saturated heterocycles. The van der Waals surface area contributed by atoms with Crippen molar-refractivity contribution in [2.24, 2.45) is 0 Å². The first-order valence-corrected chi connectivity index (χ1v) is 6.76. The Labute approximate surface area is 127 Å². The molecule has 4 nitrogen and oxygen atoms in total. The van der Waals surface area contributed by atoms with E-state index in [4.69, 9.17) is 9.47 Å². The second-order valence-corrected chi connectivity index (χ2v) is 4.79. The van der Waals surface area contributed by atoms with Crippen LogP contribution >= 0.6 is 15.9 Å². The first-order chi connectivity index (χ1) is 10.0. The first-order valence-electron chi connectivity index (χ1n) is 5.97. The highest BCUT2D eigenvalue weighted by Gasteiger charge is 2.18. The zero-order chi connectivity index (χ0) is 15.4. The molecule has 0 radical (unpaired) electrons. The summed E-state index contributed by atoms with van der Waals surface area (Å²) >= 11 is 3.03. The molecule has 1 aromatic heterocycles. The molecule has 0 N–H and O–H groups in total. The van der Waals surface area contributed by atoms with Crippen LogP contribution in [-0.2, 0) is 4.74 Å². The number of ether oxygens (including phenoxy) is 2. The summed E-state index contributed by atoms with van der Waals surface area (Å²) in [6, 6.07) is 5.14. The summed E-state index contributed by atoms with van der Waals surface area (Å²) in [5.74, 6) is -3.44. The van der Waals surface area contributed by atoms with Gasteiger partial charge in [0.15, 0.2) is 11.6 Å². The molecule has 0 aliphatic rings. The van der Waals surface area contributed by atoms with Gasteiger partial charge in [0.1, 0.15) is 5.56 Å². The number of halogens is 3. The molecule has 0 fully saturated rings. The van der Waals surface area contributed by atoms with Crippen LogP contribution < -0.4 is 4.74 Å². The lowest BCUT2D eigenvalue weighted by atomic mass is 10.2. The molecule has 1 aromatic carbocycles. The van der Waals surface area contributed by atoms with Gasteiger partial charge in [0, 0.05) is 10.7 Å². The fraction of sp³-hybridized carbons (Fsp3) is 0.143. The van der Waals surface area contributed by atoms with Gasteiger partial charge in [0.05, 0.1) is 6.61 Å². The summed E-state index contributed by atoms with van der Waals surface area (Å²) in [5.41, 5.74) is 0.0270. The molecule has 7 heteroatoms. The molecule has 0 spiro atoms. The lowest BCUT2D eigenvalue weighted by molar-refractivity contribution is 0.0522. The Morgan fingerprint density at radius 1 is 1.38 bits per heavy atom. The summed E-state index contributed by atoms with van der Waals surface area (Å²) in [7, 11) is 0. The van der Waals surface area contributed by atoms with Gasteiger partial charge in [-0.2, -0.15) is 4.39 Å². The van der Waals surface area contributed by atoms with Gasteiger partial charge in [-0.25, -0.2) is 14.2 Å². The zero-order valence-corrected chi connectivity index (χ0v) is 12.5. The Hall–Kier alpha value is -2.02. The van der Waals surface area contributed by atoms with Crippen molar-refractivity contribution in [1.82, 2.24) is 4.98 Å². The normalized spacial score (nSPS) is 10.3. The number of benzene rings is 1. The smallest absolute Gasteiger partial charge is 0.343 e. The van der Waals surface area contributed by atoms with E-state index in [2.05, 4.69) is 20.9 Å². The maximum absolute atomic E-state index is 13.7. The summed E-state index contributed by atoms with van der Waals surface area (Å²) in [6.45, 7) is 1.82. The molecule has 0 saturated carbocycles. The van der Waals surface area contributed by atoms with Crippen molar-refractivity contribution >= 4 is 21.9 Å². The van der Waals surface area contributed by atoms with E-state index in [9.17, 15) is 13.6 Å². The van der Waals surface area contributed by atoms with E-state index in [1.54, 1.807) is 6.92 Å². The van der Waals surface area contributed by atoms with Gasteiger partial charge >= 0.3 is 5.97 Å². The van der Waals surface area contributed by atoms with Gasteiger partial charge in [0.2, 0.25) is 11.7 Å². The van der Waals surface area contributed by atoms with E-state index in [0.29, 0.717) is 4.47 Å². The number of hydrogen-bond donors (Lipinski definition) is 0. The Bertz CT molecular complexity index is 679. The van der Waals surface area contributed by atoms with Crippen LogP contribution in [0.15, 0.2) is 34.9 Å². The van der Waals surface area contributed by atoms with Crippen molar-refractivity contribution in [3.8, 4) is 11.6 Å². The van der Waals surface area contributed by atoms with Crippen LogP contribution in [0, 0.1) is 11.6 Å². The lowest BCUT2D eigenvalue weighted by Crippen LogP contribution is -2.07. The van der Waals surface area contributed by atoms with Gasteiger partial charge in [-0.3, -0.25) is 0 Å². The number of nitrogens with zero attached hydrogens (tertiary/aromatic N) is 1. The highest BCUT2D eigenvalue weighted by molar-refractivity contribution is 9.10. The Balaban J connectivity index is 2.39. The van der Waals surface area contributed by atoms with Crippen LogP contribution in [0.3, 0.4) is 0 Å². The molecule has 110 valence electrons. The van der Waals surface area contributed by atoms with Crippen LogP contribution in [0.2, 0.25) is 0 Å². The summed E-state index contributed by atoms with van der Waals surface area (Å²) in [6.07, 6.45) is 1.37. The minimum atomic E-state index is -1.17. The minimum Gasteiger partial charge on any atom is -0.462 e. The predicted molar refractivity (Wildman–Crippen MR) is 74.3 cm³/mol. The summed E-state index contributed by atoms with van der Waals surface area (Å²) in [4.78, 5) is 15.6. The SMILES string of the molecule is CCOC(=O)c1cccnc1Oc1cc(Br)cc(F)c1F. The molecule has 0 atom stereocenters. The maximum Gasteiger partial charge on any atom is 0.343 e. The molecule has 2 aromatic rings. The van der Waals surface area contributed by atoms with E-state index in [0.717, 1.165) is 6.07 Å². The molecular formula is C14H10BrF2NO3. The number of hydrogen-bond acceptors (Lipinski definition) is 4. The fourth-order valence-corrected chi connectivity index (χ4v) is 1.96. The van der Waals surface area contributed by atoms with Crippen molar-refractivity contribution < 1.29 is 23.0 Å². The summed E-state index contributed by atoms with van der Waals surface area (Å²) in [5, 5.41) is 0. The molecule has 0 bridgehead atoms. The van der Waals surface area contributed by atoms with Crippen LogP contribution in [0.4, 0.5) is 8.78 Å². The van der Waals surface area contributed by atoms with E-state index in [-0.39, 0.29) is 23.8 Å². The molecule has 0 amide bonds. The van der Waals surface area contributed by atoms with Crippen LogP contribution in [0.5, 0.6) is 11.6 Å². The molecule has 0 unspecified atom stereocenters. The fourth-order valence-electron chi connectivity index (χ4n) is 1.55. The quantitative estimate of drug-likeness (QED) is 0.610. The van der Waals surface area contributed by atoms with E-state index in [1.165, 1.54) is 24.4 Å². The number of carbonyl (C=O) groups is 1. The highest BCUT2D eigenvalue weighted by Crippen LogP contribution is 2.30. The van der Waals surface area contributed by atoms with E-state index < -0.39 is 17.6 Å². The Morgan fingerprint density at radius 2 is 2.14 bits per heavy atom. The third-order valence-electron chi connectivity index (χ3n) is 2.43. The van der Waals surface area contributed by atoms with E-state index in [1.807, 2.05) is 0 Å². The lowest BCUT2D eigenvalue weighted by Gasteiger charge is -2.10. The molecular weight excluding hydrogens is 348 g/mol. The number of carbonyl (C=O) groups excluding carboxylic acids is 1. The number of esters is 1. The maximum atomic E-state index is 13.7. The third-order valence-corrected chi connectivity index (χ3v) is 2.89. The highest BCUT2D eigenvalue weighted by atomic mass is 79.9. The third kappa shape index (κ3) is 3.55. The monoisotopic (exact) mass is 357 g/mol. The second-order valence-electron chi connectivity index (χ2n) is 3.88. The average Bonchev–Trinajstić information content (AvgIpc) is 2.45. The average molecular weight is 358 g/mol. The van der Waals surface area contributed by atoms with Crippen molar-refractivity contribution in [3.05, 3.63) is 52.1 Å². The van der Waals surface area contributed by atoms with Gasteiger partial charge in [0.25, 0.3) is 0 Å². The molecule has 21 heavy (non-hydrogen) atoms. The molecule has 0 aliphatic heterocycles. The van der Waals surface area contributed by atoms with Crippen molar-refractivity contribution in [1.29, 1.82) is 0 Å². The van der Waals surface area contributed by atoms with E-state index >= 15 is 0 Å². The first kappa shape index (κ1) is 15.4. The van der Waals surface area contributed by atoms with Crippen LogP contribution in [0.1, 0.15) is 17.3 Å². The van der Waals surface area contributed by atoms with Crippen LogP contribution in [-0.4, -0.2) is 17.6 Å². The largest absolute Gasteiger partial charge is 0.462 e. The van der Waals surface area contributed by atoms with Gasteiger partial charge in [-0.15, -0.1) is 0 Å². The summed E-state index contributed by atoms with van der Waals surface area (Å²) < 4.78 is 37.4. The van der Waals surface area contributed by atoms with Crippen molar-refractivity contribution in [2.45, 2.75) is 6.92 Å². The predicted octanol–water partition coefficient (Wildman–Crippen LogP) is 4.09. The van der Waals surface area contributed by atoms with Gasteiger partial charge < -0.3 is 9.47 Å². The van der Waals surface area contributed by atoms with Crippen molar-refractivity contribution in [3.63, 3.8) is 0 Å². The Morgan fingerprint density at radius 3 is 2.86 bits per heavy atom. The van der Waals surface area contributed by atoms with Gasteiger partial charge in [-0.05, 0) is 31.2 Å². The van der Waals surface area contributed by atoms with Crippen LogP contribution in [0.25, 0.3) is 0 Å². The standard InChI is InChI=1S/C14H10BrF2NO3/c1-2-20-14(19)9-4-3-5-18-13(9)21-11-7-8(15)6-10(16)12(11)17/h3-7H,2H2,1H3. The Kier molecular flexibility index (Phi) is 4.85. The topological polar surface area (TPSA) is 48.4 Å². The van der Waals surface area contributed by atoms with Gasteiger partial charge in [-0.1, -0.05) is 15.9 Å². The molecule has 2 rings (SSSR count). The zero-order valence-electron chi connectivity index (χ0n) is 10.9. The molecule has 1 heterocycles. The number of pyridine rings is 1. The number of rotatable bonds is 4. The molecule has 0 aliphatic carbocycles. The van der Waals surface area contributed by atoms with Crippen molar-refractivity contribution in [2.75, 3.05) is 6.61 Å².